The Labute approximate surface area is 147 Å². The van der Waals surface area contributed by atoms with E-state index in [1.165, 1.54) is 5.56 Å². The molecule has 0 aliphatic carbocycles. The number of hydrogen-bond acceptors (Lipinski definition) is 2. The molecular formula is C20H24N4O. The van der Waals surface area contributed by atoms with E-state index < -0.39 is 0 Å². The van der Waals surface area contributed by atoms with Crippen LogP contribution in [0.25, 0.3) is 22.0 Å². The molecule has 3 N–H and O–H groups in total. The van der Waals surface area contributed by atoms with Crippen LogP contribution in [0.4, 0.5) is 10.6 Å². The lowest BCUT2D eigenvalue weighted by Gasteiger charge is -2.10. The average Bonchev–Trinajstić information content (AvgIpc) is 3.01. The van der Waals surface area contributed by atoms with Crippen LogP contribution < -0.4 is 10.6 Å². The van der Waals surface area contributed by atoms with Crippen molar-refractivity contribution in [2.45, 2.75) is 27.2 Å². The van der Waals surface area contributed by atoms with Gasteiger partial charge < -0.3 is 5.32 Å². The highest BCUT2D eigenvalue weighted by Crippen LogP contribution is 2.27. The highest BCUT2D eigenvalue weighted by Gasteiger charge is 2.11. The Bertz CT molecular complexity index is 884. The number of benzene rings is 2. The van der Waals surface area contributed by atoms with Gasteiger partial charge in [0.15, 0.2) is 5.82 Å². The number of fused-ring (bicyclic) bond motifs is 1. The summed E-state index contributed by atoms with van der Waals surface area (Å²) in [6.45, 7) is 6.95. The van der Waals surface area contributed by atoms with Crippen molar-refractivity contribution in [1.29, 1.82) is 0 Å². The SMILES string of the molecule is CCC(C)CNC(=O)Nc1n[nH]c2cc(-c3cccc(C)c3)ccc12. The van der Waals surface area contributed by atoms with Gasteiger partial charge in [-0.1, -0.05) is 56.2 Å². The third kappa shape index (κ3) is 3.99. The summed E-state index contributed by atoms with van der Waals surface area (Å²) >= 11 is 0. The lowest BCUT2D eigenvalue weighted by Crippen LogP contribution is -2.32. The van der Waals surface area contributed by atoms with Crippen LogP contribution in [0.2, 0.25) is 0 Å². The van der Waals surface area contributed by atoms with Crippen LogP contribution in [-0.2, 0) is 0 Å². The number of carbonyl (C=O) groups is 1. The summed E-state index contributed by atoms with van der Waals surface area (Å²) in [5.41, 5.74) is 4.41. The Balaban J connectivity index is 1.77. The molecule has 3 rings (SSSR count). The van der Waals surface area contributed by atoms with Crippen LogP contribution in [0, 0.1) is 12.8 Å². The molecule has 0 saturated carbocycles. The first-order valence-corrected chi connectivity index (χ1v) is 8.67. The van der Waals surface area contributed by atoms with Gasteiger partial charge in [-0.15, -0.1) is 0 Å². The molecule has 0 saturated heterocycles. The molecule has 130 valence electrons. The van der Waals surface area contributed by atoms with Crippen LogP contribution in [0.3, 0.4) is 0 Å². The van der Waals surface area contributed by atoms with Crippen LogP contribution in [0.1, 0.15) is 25.8 Å². The van der Waals surface area contributed by atoms with Gasteiger partial charge in [-0.05, 0) is 36.1 Å². The van der Waals surface area contributed by atoms with Crippen molar-refractivity contribution < 1.29 is 4.79 Å². The second-order valence-corrected chi connectivity index (χ2v) is 6.55. The number of urea groups is 1. The van der Waals surface area contributed by atoms with Crippen molar-refractivity contribution in [3.63, 3.8) is 0 Å². The number of hydrogen-bond donors (Lipinski definition) is 3. The molecule has 0 aliphatic rings. The zero-order valence-electron chi connectivity index (χ0n) is 14.9. The standard InChI is InChI=1S/C20H24N4O/c1-4-13(2)12-21-20(25)22-19-17-9-8-16(11-18(17)23-24-19)15-7-5-6-14(3)10-15/h5-11,13H,4,12H2,1-3H3,(H3,21,22,23,24,25). The first kappa shape index (κ1) is 17.0. The number of H-pyrrole nitrogens is 1. The fourth-order valence-corrected chi connectivity index (χ4v) is 2.68. The maximum absolute atomic E-state index is 12.0. The van der Waals surface area contributed by atoms with E-state index in [4.69, 9.17) is 0 Å². The number of aromatic nitrogens is 2. The van der Waals surface area contributed by atoms with E-state index >= 15 is 0 Å². The van der Waals surface area contributed by atoms with E-state index in [1.807, 2.05) is 6.07 Å². The van der Waals surface area contributed by atoms with Crippen LogP contribution >= 0.6 is 0 Å². The predicted molar refractivity (Wildman–Crippen MR) is 103 cm³/mol. The van der Waals surface area contributed by atoms with E-state index in [0.29, 0.717) is 18.3 Å². The third-order valence-corrected chi connectivity index (χ3v) is 4.45. The fourth-order valence-electron chi connectivity index (χ4n) is 2.68. The van der Waals surface area contributed by atoms with Crippen molar-refractivity contribution in [2.75, 3.05) is 11.9 Å². The quantitative estimate of drug-likeness (QED) is 0.632. The number of carbonyl (C=O) groups excluding carboxylic acids is 1. The van der Waals surface area contributed by atoms with Gasteiger partial charge in [-0.3, -0.25) is 10.4 Å². The smallest absolute Gasteiger partial charge is 0.320 e. The Hall–Kier alpha value is -2.82. The average molecular weight is 336 g/mol. The van der Waals surface area contributed by atoms with Gasteiger partial charge in [0.2, 0.25) is 0 Å². The van der Waals surface area contributed by atoms with Gasteiger partial charge in [-0.2, -0.15) is 5.10 Å². The second-order valence-electron chi connectivity index (χ2n) is 6.55. The topological polar surface area (TPSA) is 69.8 Å². The highest BCUT2D eigenvalue weighted by molar-refractivity contribution is 6.00. The molecule has 1 unspecified atom stereocenters. The van der Waals surface area contributed by atoms with Crippen molar-refractivity contribution in [2.24, 2.45) is 5.92 Å². The van der Waals surface area contributed by atoms with Crippen LogP contribution in [-0.4, -0.2) is 22.8 Å². The van der Waals surface area contributed by atoms with E-state index in [9.17, 15) is 4.79 Å². The van der Waals surface area contributed by atoms with Crippen LogP contribution in [0.5, 0.6) is 0 Å². The molecule has 25 heavy (non-hydrogen) atoms. The minimum absolute atomic E-state index is 0.225. The maximum Gasteiger partial charge on any atom is 0.320 e. The predicted octanol–water partition coefficient (Wildman–Crippen LogP) is 4.71. The maximum atomic E-state index is 12.0. The van der Waals surface area contributed by atoms with Crippen molar-refractivity contribution in [3.8, 4) is 11.1 Å². The van der Waals surface area contributed by atoms with Crippen molar-refractivity contribution >= 4 is 22.8 Å². The first-order valence-electron chi connectivity index (χ1n) is 8.67. The lowest BCUT2D eigenvalue weighted by molar-refractivity contribution is 0.250. The minimum Gasteiger partial charge on any atom is -0.338 e. The van der Waals surface area contributed by atoms with E-state index in [-0.39, 0.29) is 6.03 Å². The summed E-state index contributed by atoms with van der Waals surface area (Å²) in [5, 5.41) is 13.8. The van der Waals surface area contributed by atoms with Gasteiger partial charge >= 0.3 is 6.03 Å². The van der Waals surface area contributed by atoms with Gasteiger partial charge in [0.05, 0.1) is 5.52 Å². The number of aryl methyl sites for hydroxylation is 1. The zero-order chi connectivity index (χ0) is 17.8. The number of rotatable bonds is 5. The largest absolute Gasteiger partial charge is 0.338 e. The zero-order valence-corrected chi connectivity index (χ0v) is 14.9. The molecule has 5 heteroatoms. The van der Waals surface area contributed by atoms with Crippen LogP contribution in [0.15, 0.2) is 42.5 Å². The van der Waals surface area contributed by atoms with E-state index in [0.717, 1.165) is 28.5 Å². The molecule has 0 bridgehead atoms. The molecule has 1 heterocycles. The molecule has 5 nitrogen and oxygen atoms in total. The van der Waals surface area contributed by atoms with Gasteiger partial charge in [0.25, 0.3) is 0 Å². The van der Waals surface area contributed by atoms with Gasteiger partial charge in [-0.25, -0.2) is 4.79 Å². The number of nitrogens with one attached hydrogen (secondary N) is 3. The molecule has 3 aromatic rings. The number of anilines is 1. The monoisotopic (exact) mass is 336 g/mol. The minimum atomic E-state index is -0.225. The Morgan fingerprint density at radius 1 is 1.20 bits per heavy atom. The highest BCUT2D eigenvalue weighted by atomic mass is 16.2. The number of nitrogens with zero attached hydrogens (tertiary/aromatic N) is 1. The van der Waals surface area contributed by atoms with E-state index in [2.05, 4.69) is 78.0 Å². The normalized spacial score (nSPS) is 12.1. The summed E-state index contributed by atoms with van der Waals surface area (Å²) in [5.74, 6) is 1.01. The number of amides is 2. The Morgan fingerprint density at radius 3 is 2.76 bits per heavy atom. The Morgan fingerprint density at radius 2 is 2.00 bits per heavy atom. The number of aromatic amines is 1. The summed E-state index contributed by atoms with van der Waals surface area (Å²) in [7, 11) is 0. The second kappa shape index (κ2) is 7.38. The van der Waals surface area contributed by atoms with E-state index in [1.54, 1.807) is 0 Å². The molecule has 0 aliphatic heterocycles. The molecule has 1 aromatic heterocycles. The fraction of sp³-hybridized carbons (Fsp3) is 0.300. The third-order valence-electron chi connectivity index (χ3n) is 4.45. The molecule has 0 radical (unpaired) electrons. The molecule has 1 atom stereocenters. The molecule has 0 spiro atoms. The van der Waals surface area contributed by atoms with Crippen molar-refractivity contribution in [3.05, 3.63) is 48.0 Å². The molecule has 2 aromatic carbocycles. The summed E-state index contributed by atoms with van der Waals surface area (Å²) in [6.07, 6.45) is 1.04. The van der Waals surface area contributed by atoms with Gasteiger partial charge in [0.1, 0.15) is 0 Å². The summed E-state index contributed by atoms with van der Waals surface area (Å²) in [4.78, 5) is 12.0. The first-order chi connectivity index (χ1) is 12.1. The lowest BCUT2D eigenvalue weighted by atomic mass is 10.0. The molecule has 2 amide bonds. The molecular weight excluding hydrogens is 312 g/mol. The Kier molecular flexibility index (Phi) is 5.03. The van der Waals surface area contributed by atoms with Crippen molar-refractivity contribution in [1.82, 2.24) is 15.5 Å². The van der Waals surface area contributed by atoms with Gasteiger partial charge in [0, 0.05) is 11.9 Å². The molecule has 0 fully saturated rings. The summed E-state index contributed by atoms with van der Waals surface area (Å²) < 4.78 is 0. The summed E-state index contributed by atoms with van der Waals surface area (Å²) in [6, 6.07) is 14.2.